The number of hydrogen-bond acceptors (Lipinski definition) is 6. The number of esters is 2. The van der Waals surface area contributed by atoms with Gasteiger partial charge >= 0.3 is 11.9 Å². The molecule has 1 aromatic heterocycles. The number of anilines is 1. The molecule has 1 aromatic carbocycles. The van der Waals surface area contributed by atoms with Gasteiger partial charge in [0.25, 0.3) is 11.3 Å². The number of carbonyl (C=O) groups is 2. The molecule has 0 aliphatic carbocycles. The van der Waals surface area contributed by atoms with Gasteiger partial charge in [0.15, 0.2) is 5.57 Å². The maximum atomic E-state index is 14.3. The first-order chi connectivity index (χ1) is 12.3. The molecule has 0 saturated carbocycles. The minimum absolute atomic E-state index is 0.00987. The molecule has 134 valence electrons. The summed E-state index contributed by atoms with van der Waals surface area (Å²) in [5, 5.41) is 2.54. The first kappa shape index (κ1) is 17.4. The number of hydrogen-bond donors (Lipinski definition) is 1. The van der Waals surface area contributed by atoms with Crippen molar-refractivity contribution in [1.82, 2.24) is 4.57 Å². The number of cyclic esters (lactones) is 2. The molecule has 26 heavy (non-hydrogen) atoms. The third-order valence-electron chi connectivity index (χ3n) is 3.54. The number of ether oxygens (including phenoxy) is 2. The molecule has 1 aliphatic heterocycles. The second kappa shape index (κ2) is 6.47. The molecule has 3 rings (SSSR count). The summed E-state index contributed by atoms with van der Waals surface area (Å²) in [4.78, 5) is 35.5. The van der Waals surface area contributed by atoms with Crippen LogP contribution in [0.4, 0.5) is 10.1 Å². The highest BCUT2D eigenvalue weighted by Gasteiger charge is 2.38. The zero-order chi connectivity index (χ0) is 18.9. The SMILES string of the molecule is CC1(C)OC(=O)C(=CNc2ccc(-n3ccccc3=O)cc2F)C(=O)O1. The van der Waals surface area contributed by atoms with E-state index in [-0.39, 0.29) is 16.8 Å². The first-order valence-electron chi connectivity index (χ1n) is 7.68. The molecular formula is C18H15FN2O5. The Bertz CT molecular complexity index is 956. The lowest BCUT2D eigenvalue weighted by molar-refractivity contribution is -0.222. The highest BCUT2D eigenvalue weighted by atomic mass is 19.1. The Morgan fingerprint density at radius 2 is 1.77 bits per heavy atom. The van der Waals surface area contributed by atoms with Crippen molar-refractivity contribution in [2.45, 2.75) is 19.6 Å². The second-order valence-electron chi connectivity index (χ2n) is 5.95. The van der Waals surface area contributed by atoms with E-state index < -0.39 is 23.5 Å². The Labute approximate surface area is 147 Å². The van der Waals surface area contributed by atoms with Gasteiger partial charge in [-0.05, 0) is 18.2 Å². The lowest BCUT2D eigenvalue weighted by atomic mass is 10.2. The van der Waals surface area contributed by atoms with Crippen molar-refractivity contribution in [3.63, 3.8) is 0 Å². The van der Waals surface area contributed by atoms with Gasteiger partial charge in [-0.3, -0.25) is 9.36 Å². The normalized spacial score (nSPS) is 15.9. The molecule has 0 spiro atoms. The monoisotopic (exact) mass is 358 g/mol. The summed E-state index contributed by atoms with van der Waals surface area (Å²) in [7, 11) is 0. The maximum absolute atomic E-state index is 14.3. The number of aromatic nitrogens is 1. The van der Waals surface area contributed by atoms with Crippen molar-refractivity contribution in [3.8, 4) is 5.69 Å². The molecule has 0 atom stereocenters. The van der Waals surface area contributed by atoms with Gasteiger partial charge in [0.1, 0.15) is 5.82 Å². The standard InChI is InChI=1S/C18H15FN2O5/c1-18(2)25-16(23)12(17(24)26-18)10-20-14-7-6-11(9-13(14)19)21-8-4-3-5-15(21)22/h3-10,20H,1-2H3. The van der Waals surface area contributed by atoms with Crippen molar-refractivity contribution in [3.05, 3.63) is 70.5 Å². The molecule has 2 aromatic rings. The molecule has 0 unspecified atom stereocenters. The molecule has 8 heteroatoms. The fourth-order valence-electron chi connectivity index (χ4n) is 2.34. The van der Waals surface area contributed by atoms with Crippen LogP contribution in [0.1, 0.15) is 13.8 Å². The largest absolute Gasteiger partial charge is 0.419 e. The Morgan fingerprint density at radius 3 is 2.38 bits per heavy atom. The van der Waals surface area contributed by atoms with Crippen molar-refractivity contribution in [1.29, 1.82) is 0 Å². The first-order valence-corrected chi connectivity index (χ1v) is 7.68. The topological polar surface area (TPSA) is 86.6 Å². The van der Waals surface area contributed by atoms with E-state index in [1.165, 1.54) is 42.8 Å². The third-order valence-corrected chi connectivity index (χ3v) is 3.54. The molecular weight excluding hydrogens is 343 g/mol. The molecule has 0 radical (unpaired) electrons. The summed E-state index contributed by atoms with van der Waals surface area (Å²) in [6, 6.07) is 8.65. The lowest BCUT2D eigenvalue weighted by Gasteiger charge is -2.29. The molecule has 0 amide bonds. The summed E-state index contributed by atoms with van der Waals surface area (Å²) in [6.07, 6.45) is 2.54. The van der Waals surface area contributed by atoms with Crippen LogP contribution in [-0.2, 0) is 19.1 Å². The molecule has 1 fully saturated rings. The van der Waals surface area contributed by atoms with Crippen LogP contribution < -0.4 is 10.9 Å². The van der Waals surface area contributed by atoms with Crippen LogP contribution >= 0.6 is 0 Å². The zero-order valence-corrected chi connectivity index (χ0v) is 14.0. The van der Waals surface area contributed by atoms with E-state index >= 15 is 0 Å². The number of rotatable bonds is 3. The highest BCUT2D eigenvalue weighted by molar-refractivity contribution is 6.15. The van der Waals surface area contributed by atoms with Gasteiger partial charge in [-0.2, -0.15) is 0 Å². The van der Waals surface area contributed by atoms with Gasteiger partial charge in [-0.15, -0.1) is 0 Å². The minimum Gasteiger partial charge on any atom is -0.419 e. The Morgan fingerprint density at radius 1 is 1.08 bits per heavy atom. The fraction of sp³-hybridized carbons (Fsp3) is 0.167. The highest BCUT2D eigenvalue weighted by Crippen LogP contribution is 2.23. The zero-order valence-electron chi connectivity index (χ0n) is 14.0. The van der Waals surface area contributed by atoms with Gasteiger partial charge in [-0.25, -0.2) is 14.0 Å². The second-order valence-corrected chi connectivity index (χ2v) is 5.95. The molecule has 0 bridgehead atoms. The number of pyridine rings is 1. The van der Waals surface area contributed by atoms with Crippen LogP contribution in [0.5, 0.6) is 0 Å². The fourth-order valence-corrected chi connectivity index (χ4v) is 2.34. The van der Waals surface area contributed by atoms with E-state index in [9.17, 15) is 18.8 Å². The van der Waals surface area contributed by atoms with E-state index in [4.69, 9.17) is 9.47 Å². The summed E-state index contributed by atoms with van der Waals surface area (Å²) >= 11 is 0. The third kappa shape index (κ3) is 3.49. The summed E-state index contributed by atoms with van der Waals surface area (Å²) in [6.45, 7) is 2.86. The molecule has 1 aliphatic rings. The van der Waals surface area contributed by atoms with Crippen LogP contribution in [0.2, 0.25) is 0 Å². The van der Waals surface area contributed by atoms with Crippen LogP contribution in [0.25, 0.3) is 5.69 Å². The lowest BCUT2D eigenvalue weighted by Crippen LogP contribution is -2.42. The summed E-state index contributed by atoms with van der Waals surface area (Å²) < 4.78 is 25.5. The van der Waals surface area contributed by atoms with Crippen LogP contribution in [0, 0.1) is 5.82 Å². The van der Waals surface area contributed by atoms with Crippen LogP contribution in [0.15, 0.2) is 59.2 Å². The van der Waals surface area contributed by atoms with E-state index in [0.29, 0.717) is 5.69 Å². The van der Waals surface area contributed by atoms with E-state index in [0.717, 1.165) is 12.3 Å². The molecule has 1 N–H and O–H groups in total. The predicted octanol–water partition coefficient (Wildman–Crippen LogP) is 2.11. The molecule has 2 heterocycles. The quantitative estimate of drug-likeness (QED) is 0.514. The van der Waals surface area contributed by atoms with Crippen LogP contribution in [-0.4, -0.2) is 22.3 Å². The maximum Gasteiger partial charge on any atom is 0.350 e. The van der Waals surface area contributed by atoms with Gasteiger partial charge < -0.3 is 14.8 Å². The van der Waals surface area contributed by atoms with Crippen molar-refractivity contribution >= 4 is 17.6 Å². The van der Waals surface area contributed by atoms with E-state index in [2.05, 4.69) is 5.32 Å². The summed E-state index contributed by atoms with van der Waals surface area (Å²) in [5.41, 5.74) is -0.336. The smallest absolute Gasteiger partial charge is 0.350 e. The van der Waals surface area contributed by atoms with Crippen molar-refractivity contribution in [2.24, 2.45) is 0 Å². The Hall–Kier alpha value is -3.42. The number of carbonyl (C=O) groups excluding carboxylic acids is 2. The number of benzene rings is 1. The number of nitrogens with one attached hydrogen (secondary N) is 1. The average Bonchev–Trinajstić information content (AvgIpc) is 2.54. The molecule has 1 saturated heterocycles. The van der Waals surface area contributed by atoms with Crippen LogP contribution in [0.3, 0.4) is 0 Å². The van der Waals surface area contributed by atoms with Crippen molar-refractivity contribution in [2.75, 3.05) is 5.32 Å². The van der Waals surface area contributed by atoms with Gasteiger partial charge in [0.2, 0.25) is 0 Å². The van der Waals surface area contributed by atoms with Gasteiger partial charge in [-0.1, -0.05) is 6.07 Å². The predicted molar refractivity (Wildman–Crippen MR) is 90.0 cm³/mol. The summed E-state index contributed by atoms with van der Waals surface area (Å²) in [5.74, 6) is -3.76. The van der Waals surface area contributed by atoms with Crippen molar-refractivity contribution < 1.29 is 23.5 Å². The minimum atomic E-state index is -1.35. The van der Waals surface area contributed by atoms with Gasteiger partial charge in [0.05, 0.1) is 11.4 Å². The van der Waals surface area contributed by atoms with Gasteiger partial charge in [0, 0.05) is 38.4 Å². The average molecular weight is 358 g/mol. The Kier molecular flexibility index (Phi) is 4.33. The van der Waals surface area contributed by atoms with E-state index in [1.54, 1.807) is 12.1 Å². The number of nitrogens with zero attached hydrogens (tertiary/aromatic N) is 1. The Balaban J connectivity index is 1.83. The van der Waals surface area contributed by atoms with E-state index in [1.807, 2.05) is 0 Å². The number of halogens is 1. The molecule has 7 nitrogen and oxygen atoms in total.